The van der Waals surface area contributed by atoms with E-state index < -0.39 is 5.92 Å². The lowest BCUT2D eigenvalue weighted by Crippen LogP contribution is -2.44. The van der Waals surface area contributed by atoms with Crippen LogP contribution < -0.4 is 5.73 Å². The lowest BCUT2D eigenvalue weighted by Gasteiger charge is -2.30. The molecule has 0 radical (unpaired) electrons. The summed E-state index contributed by atoms with van der Waals surface area (Å²) >= 11 is 0. The van der Waals surface area contributed by atoms with Crippen LogP contribution in [0.25, 0.3) is 16.8 Å². The van der Waals surface area contributed by atoms with E-state index in [1.807, 2.05) is 83.8 Å². The van der Waals surface area contributed by atoms with Crippen LogP contribution in [0.1, 0.15) is 34.3 Å². The van der Waals surface area contributed by atoms with Crippen LogP contribution in [0, 0.1) is 5.92 Å². The van der Waals surface area contributed by atoms with Crippen LogP contribution in [0.15, 0.2) is 85.4 Å². The maximum atomic E-state index is 13.4. The van der Waals surface area contributed by atoms with Gasteiger partial charge in [0.15, 0.2) is 0 Å². The number of carbonyl (C=O) groups excluding carboxylic acids is 2. The molecule has 1 saturated heterocycles. The van der Waals surface area contributed by atoms with Crippen LogP contribution in [0.2, 0.25) is 0 Å². The van der Waals surface area contributed by atoms with Crippen LogP contribution in [0.5, 0.6) is 0 Å². The van der Waals surface area contributed by atoms with E-state index in [4.69, 9.17) is 10.5 Å². The Morgan fingerprint density at radius 2 is 1.59 bits per heavy atom. The molecule has 1 heterocycles. The molecule has 1 fully saturated rings. The fraction of sp³-hybridized carbons (Fsp3) is 0.241. The lowest BCUT2D eigenvalue weighted by atomic mass is 9.89. The Bertz CT molecular complexity index is 1150. The summed E-state index contributed by atoms with van der Waals surface area (Å²) in [7, 11) is 1.40. The molecule has 34 heavy (non-hydrogen) atoms. The van der Waals surface area contributed by atoms with Crippen molar-refractivity contribution in [2.75, 3.05) is 13.7 Å². The molecule has 0 bridgehead atoms. The molecule has 0 saturated carbocycles. The third-order valence-electron chi connectivity index (χ3n) is 6.55. The highest BCUT2D eigenvalue weighted by Crippen LogP contribution is 2.30. The van der Waals surface area contributed by atoms with Gasteiger partial charge in [-0.2, -0.15) is 0 Å². The molecule has 4 rings (SSSR count). The second kappa shape index (κ2) is 10.4. The summed E-state index contributed by atoms with van der Waals surface area (Å²) in [6.07, 6.45) is 2.12. The minimum Gasteiger partial charge on any atom is -0.469 e. The van der Waals surface area contributed by atoms with E-state index in [0.717, 1.165) is 35.1 Å². The Labute approximate surface area is 200 Å². The van der Waals surface area contributed by atoms with Crippen LogP contribution in [-0.2, 0) is 16.0 Å². The molecule has 5 nitrogen and oxygen atoms in total. The topological polar surface area (TPSA) is 72.6 Å². The van der Waals surface area contributed by atoms with Crippen LogP contribution in [0.4, 0.5) is 0 Å². The highest BCUT2D eigenvalue weighted by molar-refractivity contribution is 5.95. The number of benzene rings is 3. The minimum absolute atomic E-state index is 0.0502. The number of nitrogens with two attached hydrogens (primary N) is 1. The number of rotatable bonds is 7. The van der Waals surface area contributed by atoms with Gasteiger partial charge in [0.05, 0.1) is 13.0 Å². The Balaban J connectivity index is 1.54. The summed E-state index contributed by atoms with van der Waals surface area (Å²) in [6, 6.07) is 25.2. The summed E-state index contributed by atoms with van der Waals surface area (Å²) in [5.41, 5.74) is 10.9. The summed E-state index contributed by atoms with van der Waals surface area (Å²) in [4.78, 5) is 28.1. The number of ether oxygens (including phenoxy) is 1. The van der Waals surface area contributed by atoms with Gasteiger partial charge in [-0.05, 0) is 53.6 Å². The predicted octanol–water partition coefficient (Wildman–Crippen LogP) is 4.92. The van der Waals surface area contributed by atoms with Crippen LogP contribution in [0.3, 0.4) is 0 Å². The highest BCUT2D eigenvalue weighted by Gasteiger charge is 2.39. The fourth-order valence-corrected chi connectivity index (χ4v) is 4.70. The zero-order valence-corrected chi connectivity index (χ0v) is 19.4. The number of hydrogen-bond donors (Lipinski definition) is 1. The van der Waals surface area contributed by atoms with Gasteiger partial charge >= 0.3 is 5.97 Å². The van der Waals surface area contributed by atoms with Gasteiger partial charge < -0.3 is 15.4 Å². The van der Waals surface area contributed by atoms with Gasteiger partial charge in [-0.15, -0.1) is 0 Å². The molecule has 0 aromatic heterocycles. The smallest absolute Gasteiger partial charge is 0.311 e. The molecule has 1 amide bonds. The number of likely N-dealkylation sites (tertiary alicyclic amines) is 1. The van der Waals surface area contributed by atoms with Gasteiger partial charge in [-0.25, -0.2) is 0 Å². The number of esters is 1. The quantitative estimate of drug-likeness (QED) is 0.515. The van der Waals surface area contributed by atoms with Crippen molar-refractivity contribution < 1.29 is 14.3 Å². The van der Waals surface area contributed by atoms with Crippen molar-refractivity contribution in [2.45, 2.75) is 25.3 Å². The lowest BCUT2D eigenvalue weighted by molar-refractivity contribution is -0.147. The molecule has 174 valence electrons. The van der Waals surface area contributed by atoms with Gasteiger partial charge in [-0.1, -0.05) is 73.3 Å². The molecular formula is C29H30N2O3. The van der Waals surface area contributed by atoms with Crippen LogP contribution >= 0.6 is 0 Å². The largest absolute Gasteiger partial charge is 0.469 e. The Kier molecular flexibility index (Phi) is 7.12. The molecule has 3 aromatic rings. The van der Waals surface area contributed by atoms with Gasteiger partial charge in [0.2, 0.25) is 0 Å². The van der Waals surface area contributed by atoms with E-state index in [0.29, 0.717) is 24.2 Å². The second-order valence-corrected chi connectivity index (χ2v) is 8.71. The standard InChI is InChI=1S/C29H30N2O3/c1-20(30)22-12-10-21(11-13-22)19-26(29(33)34-2)27-9-6-18-31(27)28(32)25-16-14-24(15-17-25)23-7-4-3-5-8-23/h3-5,7-8,10-17,26-27H,1,6,9,18-19,30H2,2H3/t26?,27-/m1/s1. The molecule has 5 heteroatoms. The molecule has 1 aliphatic rings. The van der Waals surface area contributed by atoms with Crippen LogP contribution in [-0.4, -0.2) is 36.5 Å². The predicted molar refractivity (Wildman–Crippen MR) is 135 cm³/mol. The maximum Gasteiger partial charge on any atom is 0.311 e. The van der Waals surface area contributed by atoms with Gasteiger partial charge in [0.25, 0.3) is 5.91 Å². The number of nitrogens with zero attached hydrogens (tertiary/aromatic N) is 1. The summed E-state index contributed by atoms with van der Waals surface area (Å²) in [6.45, 7) is 4.39. The van der Waals surface area contributed by atoms with E-state index in [1.165, 1.54) is 7.11 Å². The number of hydrogen-bond acceptors (Lipinski definition) is 4. The first-order valence-electron chi connectivity index (χ1n) is 11.6. The molecule has 0 spiro atoms. The Morgan fingerprint density at radius 1 is 0.971 bits per heavy atom. The monoisotopic (exact) mass is 454 g/mol. The molecule has 0 aliphatic carbocycles. The van der Waals surface area contributed by atoms with E-state index in [-0.39, 0.29) is 17.9 Å². The maximum absolute atomic E-state index is 13.4. The second-order valence-electron chi connectivity index (χ2n) is 8.71. The average molecular weight is 455 g/mol. The van der Waals surface area contributed by atoms with Crippen molar-refractivity contribution in [1.29, 1.82) is 0 Å². The molecule has 2 N–H and O–H groups in total. The molecular weight excluding hydrogens is 424 g/mol. The van der Waals surface area contributed by atoms with E-state index >= 15 is 0 Å². The van der Waals surface area contributed by atoms with Gasteiger partial charge in [0, 0.05) is 23.8 Å². The number of amides is 1. The van der Waals surface area contributed by atoms with Crippen molar-refractivity contribution in [3.8, 4) is 11.1 Å². The third-order valence-corrected chi connectivity index (χ3v) is 6.55. The Hall–Kier alpha value is -3.86. The summed E-state index contributed by atoms with van der Waals surface area (Å²) < 4.78 is 5.15. The van der Waals surface area contributed by atoms with Crippen molar-refractivity contribution in [3.05, 3.63) is 102 Å². The SMILES string of the molecule is C=C(N)c1ccc(CC(C(=O)OC)[C@H]2CCCN2C(=O)c2ccc(-c3ccccc3)cc2)cc1. The summed E-state index contributed by atoms with van der Waals surface area (Å²) in [5.74, 6) is -0.783. The third kappa shape index (κ3) is 5.04. The zero-order chi connectivity index (χ0) is 24.1. The molecule has 1 unspecified atom stereocenters. The molecule has 2 atom stereocenters. The van der Waals surface area contributed by atoms with Crippen molar-refractivity contribution in [2.24, 2.45) is 11.7 Å². The normalized spacial score (nSPS) is 16.1. The first-order valence-corrected chi connectivity index (χ1v) is 11.6. The molecule has 3 aromatic carbocycles. The summed E-state index contributed by atoms with van der Waals surface area (Å²) in [5, 5.41) is 0. The zero-order valence-electron chi connectivity index (χ0n) is 19.4. The van der Waals surface area contributed by atoms with Gasteiger partial charge in [0.1, 0.15) is 0 Å². The fourth-order valence-electron chi connectivity index (χ4n) is 4.70. The first kappa shape index (κ1) is 23.3. The molecule has 1 aliphatic heterocycles. The minimum atomic E-state index is -0.438. The first-order chi connectivity index (χ1) is 16.5. The Morgan fingerprint density at radius 3 is 2.21 bits per heavy atom. The van der Waals surface area contributed by atoms with Crippen molar-refractivity contribution >= 4 is 17.6 Å². The highest BCUT2D eigenvalue weighted by atomic mass is 16.5. The number of methoxy groups -OCH3 is 1. The average Bonchev–Trinajstić information content (AvgIpc) is 3.37. The van der Waals surface area contributed by atoms with Crippen molar-refractivity contribution in [1.82, 2.24) is 4.90 Å². The van der Waals surface area contributed by atoms with E-state index in [2.05, 4.69) is 6.58 Å². The number of carbonyl (C=O) groups is 2. The van der Waals surface area contributed by atoms with Gasteiger partial charge in [-0.3, -0.25) is 9.59 Å². The van der Waals surface area contributed by atoms with E-state index in [1.54, 1.807) is 0 Å². The van der Waals surface area contributed by atoms with Crippen molar-refractivity contribution in [3.63, 3.8) is 0 Å². The van der Waals surface area contributed by atoms with E-state index in [9.17, 15) is 9.59 Å².